The third-order valence-electron chi connectivity index (χ3n) is 9.56. The summed E-state index contributed by atoms with van der Waals surface area (Å²) < 4.78 is 0. The Morgan fingerprint density at radius 1 is 0.231 bits per heavy atom. The number of benzene rings is 8. The van der Waals surface area contributed by atoms with E-state index in [9.17, 15) is 0 Å². The van der Waals surface area contributed by atoms with Crippen molar-refractivity contribution in [2.45, 2.75) is 0 Å². The maximum atomic E-state index is 5.09. The zero-order valence-electron chi connectivity index (χ0n) is 28.4. The summed E-state index contributed by atoms with van der Waals surface area (Å²) in [6.07, 6.45) is 0. The molecule has 1 heterocycles. The lowest BCUT2D eigenvalue weighted by Gasteiger charge is -2.19. The molecule has 0 saturated carbocycles. The van der Waals surface area contributed by atoms with Crippen LogP contribution in [0.25, 0.3) is 89.4 Å². The molecular weight excluding hydrogens is 631 g/mol. The van der Waals surface area contributed by atoms with Gasteiger partial charge in [-0.2, -0.15) is 0 Å². The summed E-state index contributed by atoms with van der Waals surface area (Å²) in [5.74, 6) is 1.91. The van der Waals surface area contributed by atoms with E-state index in [1.165, 1.54) is 33.0 Å². The average molecular weight is 664 g/mol. The highest BCUT2D eigenvalue weighted by molar-refractivity contribution is 6.03. The summed E-state index contributed by atoms with van der Waals surface area (Å²) in [6.45, 7) is 0. The quantitative estimate of drug-likeness (QED) is 0.170. The molecule has 3 nitrogen and oxygen atoms in total. The second-order valence-corrected chi connectivity index (χ2v) is 12.8. The highest BCUT2D eigenvalue weighted by Crippen LogP contribution is 2.43. The van der Waals surface area contributed by atoms with Crippen LogP contribution in [-0.4, -0.2) is 15.0 Å². The Balaban J connectivity index is 1.30. The number of aromatic nitrogens is 3. The molecular formula is C49H33N3. The number of rotatable bonds is 7. The summed E-state index contributed by atoms with van der Waals surface area (Å²) in [6, 6.07) is 70.2. The molecule has 0 amide bonds. The van der Waals surface area contributed by atoms with Gasteiger partial charge in [0.25, 0.3) is 0 Å². The fourth-order valence-electron chi connectivity index (χ4n) is 6.98. The molecule has 0 unspecified atom stereocenters. The van der Waals surface area contributed by atoms with Gasteiger partial charge in [0.1, 0.15) is 0 Å². The Labute approximate surface area is 303 Å². The molecule has 0 radical (unpaired) electrons. The molecule has 0 N–H and O–H groups in total. The minimum atomic E-state index is 0.628. The van der Waals surface area contributed by atoms with Crippen LogP contribution in [0.1, 0.15) is 0 Å². The molecule has 9 rings (SSSR count). The van der Waals surface area contributed by atoms with E-state index in [1.807, 2.05) is 60.7 Å². The van der Waals surface area contributed by atoms with E-state index in [0.717, 1.165) is 38.9 Å². The summed E-state index contributed by atoms with van der Waals surface area (Å²) in [4.78, 5) is 15.1. The van der Waals surface area contributed by atoms with Gasteiger partial charge in [-0.1, -0.05) is 188 Å². The highest BCUT2D eigenvalue weighted by Gasteiger charge is 2.19. The summed E-state index contributed by atoms with van der Waals surface area (Å²) >= 11 is 0. The van der Waals surface area contributed by atoms with Gasteiger partial charge in [-0.3, -0.25) is 0 Å². The average Bonchev–Trinajstić information content (AvgIpc) is 3.24. The van der Waals surface area contributed by atoms with Gasteiger partial charge in [0, 0.05) is 16.7 Å². The molecule has 0 aliphatic carbocycles. The summed E-state index contributed by atoms with van der Waals surface area (Å²) in [5.41, 5.74) is 12.1. The van der Waals surface area contributed by atoms with Crippen LogP contribution in [0.5, 0.6) is 0 Å². The zero-order valence-corrected chi connectivity index (χ0v) is 28.4. The smallest absolute Gasteiger partial charge is 0.164 e. The number of nitrogens with zero attached hydrogens (tertiary/aromatic N) is 3. The predicted molar refractivity (Wildman–Crippen MR) is 215 cm³/mol. The second kappa shape index (κ2) is 13.7. The van der Waals surface area contributed by atoms with E-state index in [4.69, 9.17) is 15.0 Å². The summed E-state index contributed by atoms with van der Waals surface area (Å²) in [7, 11) is 0. The number of fused-ring (bicyclic) bond motifs is 1. The lowest BCUT2D eigenvalue weighted by molar-refractivity contribution is 1.07. The molecule has 52 heavy (non-hydrogen) atoms. The first-order valence-electron chi connectivity index (χ1n) is 17.5. The van der Waals surface area contributed by atoms with Crippen molar-refractivity contribution in [2.24, 2.45) is 0 Å². The molecule has 0 saturated heterocycles. The first-order chi connectivity index (χ1) is 25.8. The topological polar surface area (TPSA) is 38.7 Å². The third-order valence-corrected chi connectivity index (χ3v) is 9.56. The van der Waals surface area contributed by atoms with Crippen LogP contribution in [0.15, 0.2) is 200 Å². The Kier molecular flexibility index (Phi) is 8.20. The van der Waals surface area contributed by atoms with E-state index < -0.39 is 0 Å². The normalized spacial score (nSPS) is 11.1. The van der Waals surface area contributed by atoms with Crippen molar-refractivity contribution in [1.29, 1.82) is 0 Å². The molecule has 8 aromatic carbocycles. The van der Waals surface area contributed by atoms with Gasteiger partial charge in [-0.05, 0) is 67.4 Å². The molecule has 0 aliphatic heterocycles. The van der Waals surface area contributed by atoms with E-state index in [0.29, 0.717) is 17.5 Å². The van der Waals surface area contributed by atoms with Crippen LogP contribution in [0.4, 0.5) is 0 Å². The largest absolute Gasteiger partial charge is 0.208 e. The SMILES string of the molecule is c1ccc(-c2ccc(-c3ccc(-c4nc(-c5ccccc5)nc(-c5ccccc5)n4)cc3-c3cccc4ccccc34)c(-c3ccccc3)c2)cc1. The molecule has 9 aromatic rings. The molecule has 0 atom stereocenters. The number of hydrogen-bond donors (Lipinski definition) is 0. The third kappa shape index (κ3) is 6.06. The van der Waals surface area contributed by atoms with E-state index in [-0.39, 0.29) is 0 Å². The van der Waals surface area contributed by atoms with Crippen LogP contribution in [-0.2, 0) is 0 Å². The standard InChI is InChI=1S/C49H33N3/c1-5-16-34(17-6-1)39-28-30-43(45(32-39)36-18-7-2-8-19-36)44-31-29-40(33-46(44)42-27-15-25-35-20-13-14-26-41(35)42)49-51-47(37-21-9-3-10-22-37)50-48(52-49)38-23-11-4-12-24-38/h1-33H. The van der Waals surface area contributed by atoms with Crippen molar-refractivity contribution in [3.63, 3.8) is 0 Å². The molecule has 1 aromatic heterocycles. The van der Waals surface area contributed by atoms with E-state index >= 15 is 0 Å². The second-order valence-electron chi connectivity index (χ2n) is 12.8. The van der Waals surface area contributed by atoms with Crippen molar-refractivity contribution >= 4 is 10.8 Å². The molecule has 0 aliphatic rings. The monoisotopic (exact) mass is 663 g/mol. The van der Waals surface area contributed by atoms with Crippen LogP contribution >= 0.6 is 0 Å². The molecule has 0 spiro atoms. The van der Waals surface area contributed by atoms with Crippen LogP contribution in [0.3, 0.4) is 0 Å². The minimum absolute atomic E-state index is 0.628. The lowest BCUT2D eigenvalue weighted by atomic mass is 9.85. The molecule has 244 valence electrons. The molecule has 0 bridgehead atoms. The first kappa shape index (κ1) is 31.0. The van der Waals surface area contributed by atoms with Gasteiger partial charge < -0.3 is 0 Å². The highest BCUT2D eigenvalue weighted by atomic mass is 15.0. The lowest BCUT2D eigenvalue weighted by Crippen LogP contribution is -2.00. The maximum Gasteiger partial charge on any atom is 0.164 e. The van der Waals surface area contributed by atoms with Crippen molar-refractivity contribution in [1.82, 2.24) is 15.0 Å². The van der Waals surface area contributed by atoms with Gasteiger partial charge in [0.05, 0.1) is 0 Å². The van der Waals surface area contributed by atoms with Gasteiger partial charge in [-0.25, -0.2) is 15.0 Å². The van der Waals surface area contributed by atoms with Gasteiger partial charge in [0.15, 0.2) is 17.5 Å². The van der Waals surface area contributed by atoms with Gasteiger partial charge >= 0.3 is 0 Å². The Hall–Kier alpha value is -6.97. The Morgan fingerprint density at radius 3 is 1.29 bits per heavy atom. The van der Waals surface area contributed by atoms with Gasteiger partial charge in [-0.15, -0.1) is 0 Å². The zero-order chi connectivity index (χ0) is 34.7. The fraction of sp³-hybridized carbons (Fsp3) is 0. The Morgan fingerprint density at radius 2 is 0.673 bits per heavy atom. The van der Waals surface area contributed by atoms with Crippen molar-refractivity contribution in [3.8, 4) is 78.7 Å². The predicted octanol–water partition coefficient (Wildman–Crippen LogP) is 12.7. The van der Waals surface area contributed by atoms with Crippen molar-refractivity contribution < 1.29 is 0 Å². The van der Waals surface area contributed by atoms with Crippen LogP contribution in [0, 0.1) is 0 Å². The molecule has 0 fully saturated rings. The van der Waals surface area contributed by atoms with Crippen LogP contribution in [0.2, 0.25) is 0 Å². The van der Waals surface area contributed by atoms with Crippen molar-refractivity contribution in [3.05, 3.63) is 200 Å². The minimum Gasteiger partial charge on any atom is -0.208 e. The summed E-state index contributed by atoms with van der Waals surface area (Å²) in [5, 5.41) is 2.38. The first-order valence-corrected chi connectivity index (χ1v) is 17.5. The fourth-order valence-corrected chi connectivity index (χ4v) is 6.98. The van der Waals surface area contributed by atoms with Crippen LogP contribution < -0.4 is 0 Å². The molecule has 3 heteroatoms. The van der Waals surface area contributed by atoms with Gasteiger partial charge in [0.2, 0.25) is 0 Å². The van der Waals surface area contributed by atoms with E-state index in [2.05, 4.69) is 140 Å². The maximum absolute atomic E-state index is 5.09. The van der Waals surface area contributed by atoms with E-state index in [1.54, 1.807) is 0 Å². The Bertz CT molecular complexity index is 2590. The van der Waals surface area contributed by atoms with Crippen molar-refractivity contribution in [2.75, 3.05) is 0 Å². The number of hydrogen-bond acceptors (Lipinski definition) is 3.